The highest BCUT2D eigenvalue weighted by Crippen LogP contribution is 2.08. The summed E-state index contributed by atoms with van der Waals surface area (Å²) in [7, 11) is 4.24. The first kappa shape index (κ1) is 15.9. The van der Waals surface area contributed by atoms with E-state index in [-0.39, 0.29) is 0 Å². The van der Waals surface area contributed by atoms with E-state index >= 15 is 0 Å². The summed E-state index contributed by atoms with van der Waals surface area (Å²) >= 11 is 0. The molecular formula is C15H28N4. The molecule has 0 aliphatic carbocycles. The molecule has 1 aromatic heterocycles. The lowest BCUT2D eigenvalue weighted by Crippen LogP contribution is -2.32. The molecule has 1 N–H and O–H groups in total. The normalized spacial score (nSPS) is 11.3. The molecule has 1 heterocycles. The molecule has 0 spiro atoms. The molecule has 0 saturated carbocycles. The van der Waals surface area contributed by atoms with Crippen LogP contribution in [0.2, 0.25) is 0 Å². The molecule has 4 nitrogen and oxygen atoms in total. The van der Waals surface area contributed by atoms with Crippen LogP contribution in [0.25, 0.3) is 0 Å². The van der Waals surface area contributed by atoms with Gasteiger partial charge in [0.1, 0.15) is 5.82 Å². The lowest BCUT2D eigenvalue weighted by molar-refractivity contribution is 0.232. The summed E-state index contributed by atoms with van der Waals surface area (Å²) in [5, 5.41) is 3.27. The van der Waals surface area contributed by atoms with Gasteiger partial charge in [0.2, 0.25) is 0 Å². The van der Waals surface area contributed by atoms with Gasteiger partial charge in [0.25, 0.3) is 0 Å². The highest BCUT2D eigenvalue weighted by molar-refractivity contribution is 5.34. The Morgan fingerprint density at radius 1 is 1.11 bits per heavy atom. The van der Waals surface area contributed by atoms with Crippen molar-refractivity contribution in [3.8, 4) is 0 Å². The van der Waals surface area contributed by atoms with E-state index in [0.29, 0.717) is 0 Å². The van der Waals surface area contributed by atoms with E-state index < -0.39 is 0 Å². The molecule has 0 amide bonds. The Kier molecular flexibility index (Phi) is 7.45. The first-order chi connectivity index (χ1) is 9.15. The fourth-order valence-electron chi connectivity index (χ4n) is 2.00. The SMILES string of the molecule is CCCN(CCN(C)C)Cc1cccc(NCC)n1. The highest BCUT2D eigenvalue weighted by Gasteiger charge is 2.07. The zero-order chi connectivity index (χ0) is 14.1. The number of aromatic nitrogens is 1. The van der Waals surface area contributed by atoms with Gasteiger partial charge in [0.05, 0.1) is 5.69 Å². The third kappa shape index (κ3) is 6.55. The molecule has 0 aromatic carbocycles. The van der Waals surface area contributed by atoms with Gasteiger partial charge in [0, 0.05) is 26.2 Å². The predicted molar refractivity (Wildman–Crippen MR) is 82.5 cm³/mol. The van der Waals surface area contributed by atoms with Crippen LogP contribution in [0, 0.1) is 0 Å². The summed E-state index contributed by atoms with van der Waals surface area (Å²) < 4.78 is 0. The molecular weight excluding hydrogens is 236 g/mol. The molecule has 0 radical (unpaired) electrons. The van der Waals surface area contributed by atoms with Crippen LogP contribution in [0.4, 0.5) is 5.82 Å². The lowest BCUT2D eigenvalue weighted by atomic mass is 10.3. The molecule has 4 heteroatoms. The predicted octanol–water partition coefficient (Wildman–Crippen LogP) is 2.29. The maximum absolute atomic E-state index is 4.65. The average molecular weight is 264 g/mol. The standard InChI is InChI=1S/C15H28N4/c1-5-10-19(12-11-18(3)4)13-14-8-7-9-15(17-14)16-6-2/h7-9H,5-6,10-13H2,1-4H3,(H,16,17). The van der Waals surface area contributed by atoms with Crippen molar-refractivity contribution in [3.05, 3.63) is 23.9 Å². The largest absolute Gasteiger partial charge is 0.370 e. The van der Waals surface area contributed by atoms with E-state index in [1.807, 2.05) is 6.07 Å². The van der Waals surface area contributed by atoms with Crippen molar-refractivity contribution in [3.63, 3.8) is 0 Å². The first-order valence-corrected chi connectivity index (χ1v) is 7.22. The molecule has 0 unspecified atom stereocenters. The Morgan fingerprint density at radius 3 is 2.53 bits per heavy atom. The Morgan fingerprint density at radius 2 is 1.89 bits per heavy atom. The second-order valence-corrected chi connectivity index (χ2v) is 5.12. The van der Waals surface area contributed by atoms with Crippen LogP contribution in [0.3, 0.4) is 0 Å². The first-order valence-electron chi connectivity index (χ1n) is 7.22. The van der Waals surface area contributed by atoms with Crippen LogP contribution in [0.1, 0.15) is 26.0 Å². The monoisotopic (exact) mass is 264 g/mol. The van der Waals surface area contributed by atoms with E-state index in [1.165, 1.54) is 6.42 Å². The maximum atomic E-state index is 4.65. The van der Waals surface area contributed by atoms with Crippen molar-refractivity contribution < 1.29 is 0 Å². The summed E-state index contributed by atoms with van der Waals surface area (Å²) in [4.78, 5) is 9.34. The van der Waals surface area contributed by atoms with E-state index in [9.17, 15) is 0 Å². The number of nitrogens with one attached hydrogen (secondary N) is 1. The molecule has 19 heavy (non-hydrogen) atoms. The highest BCUT2D eigenvalue weighted by atomic mass is 15.2. The summed E-state index contributed by atoms with van der Waals surface area (Å²) in [5.41, 5.74) is 1.14. The fraction of sp³-hybridized carbons (Fsp3) is 0.667. The molecule has 0 saturated heterocycles. The number of hydrogen-bond donors (Lipinski definition) is 1. The minimum atomic E-state index is 0.912. The van der Waals surface area contributed by atoms with Crippen molar-refractivity contribution in [1.29, 1.82) is 0 Å². The topological polar surface area (TPSA) is 31.4 Å². The molecule has 0 aliphatic rings. The van der Waals surface area contributed by atoms with E-state index in [2.05, 4.69) is 60.2 Å². The molecule has 0 aliphatic heterocycles. The minimum Gasteiger partial charge on any atom is -0.370 e. The summed E-state index contributed by atoms with van der Waals surface area (Å²) in [5.74, 6) is 0.976. The molecule has 0 fully saturated rings. The summed E-state index contributed by atoms with van der Waals surface area (Å²) in [6.45, 7) is 9.47. The fourth-order valence-corrected chi connectivity index (χ4v) is 2.00. The van der Waals surface area contributed by atoms with Crippen LogP contribution in [-0.4, -0.2) is 55.1 Å². The van der Waals surface area contributed by atoms with E-state index in [1.54, 1.807) is 0 Å². The smallest absolute Gasteiger partial charge is 0.126 e. The van der Waals surface area contributed by atoms with E-state index in [0.717, 1.165) is 44.2 Å². The molecule has 0 bridgehead atoms. The summed E-state index contributed by atoms with van der Waals surface area (Å²) in [6.07, 6.45) is 1.18. The van der Waals surface area contributed by atoms with Gasteiger partial charge in [-0.2, -0.15) is 0 Å². The Bertz CT molecular complexity index is 352. The van der Waals surface area contributed by atoms with Gasteiger partial charge < -0.3 is 10.2 Å². The lowest BCUT2D eigenvalue weighted by Gasteiger charge is -2.23. The second kappa shape index (κ2) is 8.88. The number of nitrogens with zero attached hydrogens (tertiary/aromatic N) is 3. The van der Waals surface area contributed by atoms with Crippen molar-refractivity contribution in [2.45, 2.75) is 26.8 Å². The Balaban J connectivity index is 2.59. The summed E-state index contributed by atoms with van der Waals surface area (Å²) in [6, 6.07) is 6.21. The Labute approximate surface area is 117 Å². The zero-order valence-corrected chi connectivity index (χ0v) is 12.8. The van der Waals surface area contributed by atoms with Crippen LogP contribution < -0.4 is 5.32 Å². The van der Waals surface area contributed by atoms with Gasteiger partial charge in [-0.3, -0.25) is 4.90 Å². The minimum absolute atomic E-state index is 0.912. The van der Waals surface area contributed by atoms with Gasteiger partial charge >= 0.3 is 0 Å². The number of hydrogen-bond acceptors (Lipinski definition) is 4. The third-order valence-corrected chi connectivity index (χ3v) is 2.95. The Hall–Kier alpha value is -1.13. The van der Waals surface area contributed by atoms with Crippen LogP contribution in [0.15, 0.2) is 18.2 Å². The van der Waals surface area contributed by atoms with Crippen molar-refractivity contribution in [2.24, 2.45) is 0 Å². The van der Waals surface area contributed by atoms with Crippen LogP contribution in [-0.2, 0) is 6.54 Å². The van der Waals surface area contributed by atoms with E-state index in [4.69, 9.17) is 0 Å². The quantitative estimate of drug-likeness (QED) is 0.741. The number of anilines is 1. The average Bonchev–Trinajstić information content (AvgIpc) is 2.37. The van der Waals surface area contributed by atoms with Gasteiger partial charge in [-0.15, -0.1) is 0 Å². The second-order valence-electron chi connectivity index (χ2n) is 5.12. The van der Waals surface area contributed by atoms with Gasteiger partial charge in [-0.1, -0.05) is 13.0 Å². The van der Waals surface area contributed by atoms with Gasteiger partial charge in [-0.25, -0.2) is 4.98 Å². The number of pyridine rings is 1. The zero-order valence-electron chi connectivity index (χ0n) is 12.8. The molecule has 0 atom stereocenters. The molecule has 1 aromatic rings. The molecule has 108 valence electrons. The van der Waals surface area contributed by atoms with Crippen molar-refractivity contribution >= 4 is 5.82 Å². The van der Waals surface area contributed by atoms with Gasteiger partial charge in [-0.05, 0) is 46.1 Å². The van der Waals surface area contributed by atoms with Crippen molar-refractivity contribution in [1.82, 2.24) is 14.8 Å². The molecule has 1 rings (SSSR count). The van der Waals surface area contributed by atoms with Crippen LogP contribution in [0.5, 0.6) is 0 Å². The van der Waals surface area contributed by atoms with Crippen molar-refractivity contribution in [2.75, 3.05) is 45.6 Å². The maximum Gasteiger partial charge on any atom is 0.126 e. The van der Waals surface area contributed by atoms with Gasteiger partial charge in [0.15, 0.2) is 0 Å². The number of likely N-dealkylation sites (N-methyl/N-ethyl adjacent to an activating group) is 1. The third-order valence-electron chi connectivity index (χ3n) is 2.95. The van der Waals surface area contributed by atoms with Crippen LogP contribution >= 0.6 is 0 Å². The number of rotatable bonds is 9.